The summed E-state index contributed by atoms with van der Waals surface area (Å²) in [5.41, 5.74) is 0.658. The Morgan fingerprint density at radius 2 is 2.47 bits per heavy atom. The lowest BCUT2D eigenvalue weighted by molar-refractivity contribution is 0.0775. The Bertz CT molecular complexity index is 360. The van der Waals surface area contributed by atoms with Crippen LogP contribution < -0.4 is 5.32 Å². The molecule has 1 aromatic heterocycles. The number of nitrogens with zero attached hydrogens (tertiary/aromatic N) is 2. The number of carbonyl (C=O) groups is 1. The Hall–Kier alpha value is -1.42. The normalized spacial score (nSPS) is 19.9. The van der Waals surface area contributed by atoms with E-state index in [0.717, 1.165) is 19.5 Å². The Labute approximate surface area is 102 Å². The van der Waals surface area contributed by atoms with Crippen molar-refractivity contribution >= 4 is 5.91 Å². The molecule has 2 rings (SSSR count). The fourth-order valence-electron chi connectivity index (χ4n) is 2.20. The smallest absolute Gasteiger partial charge is 0.255 e. The van der Waals surface area contributed by atoms with E-state index in [1.807, 2.05) is 7.05 Å². The van der Waals surface area contributed by atoms with Gasteiger partial charge in [0.25, 0.3) is 5.91 Å². The van der Waals surface area contributed by atoms with Crippen LogP contribution in [-0.4, -0.2) is 42.0 Å². The SMILES string of the molecule is CN(CC1CCCCN1)C(=O)c1cccnc1. The third-order valence-corrected chi connectivity index (χ3v) is 3.16. The molecule has 2 heterocycles. The molecule has 1 saturated heterocycles. The third kappa shape index (κ3) is 3.27. The largest absolute Gasteiger partial charge is 0.340 e. The van der Waals surface area contributed by atoms with E-state index in [0.29, 0.717) is 11.6 Å². The van der Waals surface area contributed by atoms with Crippen LogP contribution in [0.2, 0.25) is 0 Å². The zero-order valence-corrected chi connectivity index (χ0v) is 10.2. The minimum atomic E-state index is 0.0467. The van der Waals surface area contributed by atoms with Crippen LogP contribution in [0.3, 0.4) is 0 Å². The summed E-state index contributed by atoms with van der Waals surface area (Å²) in [5.74, 6) is 0.0467. The molecule has 0 aliphatic carbocycles. The zero-order chi connectivity index (χ0) is 12.1. The van der Waals surface area contributed by atoms with E-state index in [1.54, 1.807) is 29.4 Å². The number of rotatable bonds is 3. The van der Waals surface area contributed by atoms with Crippen molar-refractivity contribution in [2.24, 2.45) is 0 Å². The van der Waals surface area contributed by atoms with Crippen molar-refractivity contribution < 1.29 is 4.79 Å². The molecule has 17 heavy (non-hydrogen) atoms. The average Bonchev–Trinajstić information content (AvgIpc) is 2.40. The van der Waals surface area contributed by atoms with Gasteiger partial charge in [-0.15, -0.1) is 0 Å². The van der Waals surface area contributed by atoms with Gasteiger partial charge in [0.2, 0.25) is 0 Å². The highest BCUT2D eigenvalue weighted by molar-refractivity contribution is 5.93. The van der Waals surface area contributed by atoms with Crippen LogP contribution in [0.25, 0.3) is 0 Å². The van der Waals surface area contributed by atoms with Gasteiger partial charge < -0.3 is 10.2 Å². The Morgan fingerprint density at radius 3 is 3.12 bits per heavy atom. The van der Waals surface area contributed by atoms with Gasteiger partial charge in [0, 0.05) is 32.0 Å². The van der Waals surface area contributed by atoms with Gasteiger partial charge in [-0.25, -0.2) is 0 Å². The predicted octanol–water partition coefficient (Wildman–Crippen LogP) is 1.30. The van der Waals surface area contributed by atoms with Crippen LogP contribution in [0.15, 0.2) is 24.5 Å². The maximum absolute atomic E-state index is 12.1. The molecule has 1 atom stereocenters. The Morgan fingerprint density at radius 1 is 1.59 bits per heavy atom. The lowest BCUT2D eigenvalue weighted by atomic mass is 10.0. The van der Waals surface area contributed by atoms with Crippen molar-refractivity contribution in [3.63, 3.8) is 0 Å². The van der Waals surface area contributed by atoms with Crippen LogP contribution in [0.5, 0.6) is 0 Å². The van der Waals surface area contributed by atoms with Crippen molar-refractivity contribution in [2.45, 2.75) is 25.3 Å². The van der Waals surface area contributed by atoms with Crippen LogP contribution in [0.1, 0.15) is 29.6 Å². The summed E-state index contributed by atoms with van der Waals surface area (Å²) in [6, 6.07) is 4.04. The number of nitrogens with one attached hydrogen (secondary N) is 1. The van der Waals surface area contributed by atoms with Gasteiger partial charge in [0.15, 0.2) is 0 Å². The Balaban J connectivity index is 1.91. The second-order valence-electron chi connectivity index (χ2n) is 4.57. The molecule has 1 unspecified atom stereocenters. The first-order valence-electron chi connectivity index (χ1n) is 6.16. The first-order valence-corrected chi connectivity index (χ1v) is 6.16. The van der Waals surface area contributed by atoms with Crippen molar-refractivity contribution in [1.29, 1.82) is 0 Å². The highest BCUT2D eigenvalue weighted by Gasteiger charge is 2.18. The van der Waals surface area contributed by atoms with E-state index in [4.69, 9.17) is 0 Å². The van der Waals surface area contributed by atoms with Crippen LogP contribution in [0.4, 0.5) is 0 Å². The van der Waals surface area contributed by atoms with E-state index in [-0.39, 0.29) is 5.91 Å². The second-order valence-corrected chi connectivity index (χ2v) is 4.57. The van der Waals surface area contributed by atoms with Gasteiger partial charge in [-0.2, -0.15) is 0 Å². The predicted molar refractivity (Wildman–Crippen MR) is 66.8 cm³/mol. The van der Waals surface area contributed by atoms with E-state index < -0.39 is 0 Å². The molecule has 0 aromatic carbocycles. The number of pyridine rings is 1. The topological polar surface area (TPSA) is 45.2 Å². The summed E-state index contributed by atoms with van der Waals surface area (Å²) in [4.78, 5) is 17.8. The minimum absolute atomic E-state index is 0.0467. The van der Waals surface area contributed by atoms with Gasteiger partial charge in [-0.05, 0) is 31.5 Å². The number of hydrogen-bond donors (Lipinski definition) is 1. The molecule has 1 aromatic rings. The quantitative estimate of drug-likeness (QED) is 0.855. The number of carbonyl (C=O) groups excluding carboxylic acids is 1. The van der Waals surface area contributed by atoms with Crippen LogP contribution in [0, 0.1) is 0 Å². The fourth-order valence-corrected chi connectivity index (χ4v) is 2.20. The zero-order valence-electron chi connectivity index (χ0n) is 10.2. The van der Waals surface area contributed by atoms with Crippen molar-refractivity contribution in [2.75, 3.05) is 20.1 Å². The molecule has 4 heteroatoms. The summed E-state index contributed by atoms with van der Waals surface area (Å²) >= 11 is 0. The molecular formula is C13H19N3O. The molecule has 0 radical (unpaired) electrons. The maximum atomic E-state index is 12.1. The first-order chi connectivity index (χ1) is 8.27. The van der Waals surface area contributed by atoms with Gasteiger partial charge in [0.1, 0.15) is 0 Å². The highest BCUT2D eigenvalue weighted by atomic mass is 16.2. The third-order valence-electron chi connectivity index (χ3n) is 3.16. The van der Waals surface area contributed by atoms with E-state index in [9.17, 15) is 4.79 Å². The number of piperidine rings is 1. The fraction of sp³-hybridized carbons (Fsp3) is 0.538. The molecule has 1 amide bonds. The molecule has 1 aliphatic heterocycles. The lowest BCUT2D eigenvalue weighted by Gasteiger charge is -2.28. The molecule has 4 nitrogen and oxygen atoms in total. The van der Waals surface area contributed by atoms with E-state index in [2.05, 4.69) is 10.3 Å². The van der Waals surface area contributed by atoms with Gasteiger partial charge >= 0.3 is 0 Å². The summed E-state index contributed by atoms with van der Waals surface area (Å²) in [6.45, 7) is 1.84. The monoisotopic (exact) mass is 233 g/mol. The standard InChI is InChI=1S/C13H19N3O/c1-16(10-12-6-2-3-8-15-12)13(17)11-5-4-7-14-9-11/h4-5,7,9,12,15H,2-3,6,8,10H2,1H3. The highest BCUT2D eigenvalue weighted by Crippen LogP contribution is 2.09. The van der Waals surface area contributed by atoms with Gasteiger partial charge in [0.05, 0.1) is 5.56 Å². The summed E-state index contributed by atoms with van der Waals surface area (Å²) in [7, 11) is 1.85. The molecule has 0 saturated carbocycles. The molecule has 0 spiro atoms. The lowest BCUT2D eigenvalue weighted by Crippen LogP contribution is -2.44. The Kier molecular flexibility index (Phi) is 4.09. The maximum Gasteiger partial charge on any atom is 0.255 e. The molecule has 1 fully saturated rings. The second kappa shape index (κ2) is 5.77. The van der Waals surface area contributed by atoms with Crippen molar-refractivity contribution in [3.05, 3.63) is 30.1 Å². The van der Waals surface area contributed by atoms with Crippen molar-refractivity contribution in [1.82, 2.24) is 15.2 Å². The molecule has 0 bridgehead atoms. The number of likely N-dealkylation sites (N-methyl/N-ethyl adjacent to an activating group) is 1. The first kappa shape index (κ1) is 12.0. The molecule has 92 valence electrons. The summed E-state index contributed by atoms with van der Waals surface area (Å²) in [5, 5.41) is 3.45. The van der Waals surface area contributed by atoms with Gasteiger partial charge in [-0.1, -0.05) is 6.42 Å². The van der Waals surface area contributed by atoms with Crippen LogP contribution >= 0.6 is 0 Å². The van der Waals surface area contributed by atoms with Crippen molar-refractivity contribution in [3.8, 4) is 0 Å². The minimum Gasteiger partial charge on any atom is -0.340 e. The summed E-state index contributed by atoms with van der Waals surface area (Å²) in [6.07, 6.45) is 6.96. The molecule has 1 aliphatic rings. The number of hydrogen-bond acceptors (Lipinski definition) is 3. The van der Waals surface area contributed by atoms with E-state index >= 15 is 0 Å². The van der Waals surface area contributed by atoms with Crippen LogP contribution in [-0.2, 0) is 0 Å². The number of aromatic nitrogens is 1. The van der Waals surface area contributed by atoms with Gasteiger partial charge in [-0.3, -0.25) is 9.78 Å². The average molecular weight is 233 g/mol. The molecule has 1 N–H and O–H groups in total. The summed E-state index contributed by atoms with van der Waals surface area (Å²) < 4.78 is 0. The van der Waals surface area contributed by atoms with E-state index in [1.165, 1.54) is 12.8 Å². The number of amides is 1. The molecular weight excluding hydrogens is 214 g/mol.